The molecule has 2 saturated heterocycles. The number of hydrogen-bond acceptors (Lipinski definition) is 5. The zero-order chi connectivity index (χ0) is 16.8. The van der Waals surface area contributed by atoms with Crippen molar-refractivity contribution in [2.75, 3.05) is 26.2 Å². The molecule has 130 valence electrons. The molecule has 0 radical (unpaired) electrons. The number of carbonyl (C=O) groups is 3. The van der Waals surface area contributed by atoms with Gasteiger partial charge in [0.05, 0.1) is 6.10 Å². The van der Waals surface area contributed by atoms with Gasteiger partial charge in [0.1, 0.15) is 12.6 Å². The summed E-state index contributed by atoms with van der Waals surface area (Å²) in [6, 6.07) is -0.550. The summed E-state index contributed by atoms with van der Waals surface area (Å²) in [7, 11) is 0. The van der Waals surface area contributed by atoms with Crippen LogP contribution in [0.4, 0.5) is 0 Å². The first-order valence-corrected chi connectivity index (χ1v) is 8.40. The summed E-state index contributed by atoms with van der Waals surface area (Å²) in [4.78, 5) is 37.2. The summed E-state index contributed by atoms with van der Waals surface area (Å²) < 4.78 is 5.56. The van der Waals surface area contributed by atoms with Crippen molar-refractivity contribution in [1.29, 1.82) is 0 Å². The fraction of sp³-hybridized carbons (Fsp3) is 0.812. The van der Waals surface area contributed by atoms with Crippen molar-refractivity contribution in [1.82, 2.24) is 10.2 Å². The number of carbonyl (C=O) groups excluding carboxylic acids is 3. The minimum absolute atomic E-state index is 0.0527. The maximum atomic E-state index is 12.1. The van der Waals surface area contributed by atoms with E-state index in [9.17, 15) is 14.4 Å². The van der Waals surface area contributed by atoms with E-state index in [1.165, 1.54) is 12.8 Å². The molecule has 0 aromatic heterocycles. The van der Waals surface area contributed by atoms with Gasteiger partial charge in [-0.3, -0.25) is 14.4 Å². The molecule has 2 aliphatic rings. The Morgan fingerprint density at radius 1 is 1.39 bits per heavy atom. The molecule has 2 rings (SSSR count). The number of hydrogen-bond donors (Lipinski definition) is 2. The Labute approximate surface area is 136 Å². The molecule has 2 unspecified atom stereocenters. The summed E-state index contributed by atoms with van der Waals surface area (Å²) in [5.41, 5.74) is 5.11. The third kappa shape index (κ3) is 5.58. The van der Waals surface area contributed by atoms with E-state index in [0.29, 0.717) is 13.0 Å². The minimum Gasteiger partial charge on any atom is -0.370 e. The summed E-state index contributed by atoms with van der Waals surface area (Å²) in [6.07, 6.45) is 3.23. The van der Waals surface area contributed by atoms with Crippen LogP contribution in [0, 0.1) is 5.92 Å². The van der Waals surface area contributed by atoms with E-state index >= 15 is 0 Å². The minimum atomic E-state index is -0.550. The normalized spacial score (nSPS) is 26.4. The molecule has 2 amide bonds. The first-order valence-electron chi connectivity index (χ1n) is 8.40. The van der Waals surface area contributed by atoms with E-state index in [1.807, 2.05) is 6.92 Å². The lowest BCUT2D eigenvalue weighted by atomic mass is 10.0. The van der Waals surface area contributed by atoms with Crippen molar-refractivity contribution in [2.24, 2.45) is 11.7 Å². The highest BCUT2D eigenvalue weighted by molar-refractivity contribution is 5.91. The molecule has 2 heterocycles. The lowest BCUT2D eigenvalue weighted by Gasteiger charge is -2.24. The number of primary amides is 1. The molecule has 23 heavy (non-hydrogen) atoms. The monoisotopic (exact) mass is 325 g/mol. The highest BCUT2D eigenvalue weighted by Crippen LogP contribution is 2.17. The van der Waals surface area contributed by atoms with Gasteiger partial charge in [-0.1, -0.05) is 6.92 Å². The van der Waals surface area contributed by atoms with Crippen molar-refractivity contribution < 1.29 is 19.1 Å². The molecule has 3 atom stereocenters. The number of nitrogens with zero attached hydrogens (tertiary/aromatic N) is 1. The average molecular weight is 325 g/mol. The van der Waals surface area contributed by atoms with Crippen LogP contribution < -0.4 is 11.1 Å². The molecule has 3 N–H and O–H groups in total. The van der Waals surface area contributed by atoms with Gasteiger partial charge in [-0.15, -0.1) is 0 Å². The van der Waals surface area contributed by atoms with Crippen LogP contribution in [0.25, 0.3) is 0 Å². The molecule has 0 aromatic carbocycles. The predicted molar refractivity (Wildman–Crippen MR) is 84.6 cm³/mol. The molecule has 2 aliphatic heterocycles. The molecule has 0 aromatic rings. The molecule has 7 heteroatoms. The average Bonchev–Trinajstić information content (AvgIpc) is 3.10. The molecule has 2 fully saturated rings. The van der Waals surface area contributed by atoms with Gasteiger partial charge in [-0.25, -0.2) is 0 Å². The second-order valence-corrected chi connectivity index (χ2v) is 6.68. The zero-order valence-electron chi connectivity index (χ0n) is 13.8. The lowest BCUT2D eigenvalue weighted by Crippen LogP contribution is -2.48. The van der Waals surface area contributed by atoms with Crippen LogP contribution in [0.15, 0.2) is 0 Å². The van der Waals surface area contributed by atoms with Crippen molar-refractivity contribution in [2.45, 2.75) is 51.2 Å². The molecule has 0 spiro atoms. The lowest BCUT2D eigenvalue weighted by molar-refractivity contribution is -0.127. The number of ether oxygens (including phenoxy) is 1. The van der Waals surface area contributed by atoms with E-state index in [1.54, 1.807) is 0 Å². The van der Waals surface area contributed by atoms with Crippen LogP contribution in [0.5, 0.6) is 0 Å². The Balaban J connectivity index is 1.79. The zero-order valence-corrected chi connectivity index (χ0v) is 13.8. The quantitative estimate of drug-likeness (QED) is 0.645. The number of rotatable bonds is 8. The molecular formula is C16H27N3O4. The Morgan fingerprint density at radius 2 is 2.09 bits per heavy atom. The van der Waals surface area contributed by atoms with Gasteiger partial charge in [0.15, 0.2) is 5.78 Å². The number of likely N-dealkylation sites (tertiary alicyclic amines) is 1. The fourth-order valence-corrected chi connectivity index (χ4v) is 3.17. The van der Waals surface area contributed by atoms with Crippen LogP contribution in [0.3, 0.4) is 0 Å². The van der Waals surface area contributed by atoms with Crippen LogP contribution in [-0.2, 0) is 19.1 Å². The fourth-order valence-electron chi connectivity index (χ4n) is 3.17. The van der Waals surface area contributed by atoms with Gasteiger partial charge in [-0.05, 0) is 38.3 Å². The van der Waals surface area contributed by atoms with Gasteiger partial charge in [-0.2, -0.15) is 0 Å². The first kappa shape index (κ1) is 17.9. The second kappa shape index (κ2) is 8.40. The molecular weight excluding hydrogens is 298 g/mol. The Bertz CT molecular complexity index is 449. The highest BCUT2D eigenvalue weighted by atomic mass is 16.5. The van der Waals surface area contributed by atoms with Gasteiger partial charge >= 0.3 is 0 Å². The molecule has 0 saturated carbocycles. The maximum Gasteiger partial charge on any atom is 0.220 e. The van der Waals surface area contributed by atoms with E-state index in [0.717, 1.165) is 13.1 Å². The van der Waals surface area contributed by atoms with Crippen molar-refractivity contribution in [3.63, 3.8) is 0 Å². The van der Waals surface area contributed by atoms with Crippen molar-refractivity contribution in [3.05, 3.63) is 0 Å². The molecule has 0 aliphatic carbocycles. The van der Waals surface area contributed by atoms with Crippen LogP contribution >= 0.6 is 0 Å². The Morgan fingerprint density at radius 3 is 2.74 bits per heavy atom. The highest BCUT2D eigenvalue weighted by Gasteiger charge is 2.38. The van der Waals surface area contributed by atoms with Crippen LogP contribution in [0.2, 0.25) is 0 Å². The summed E-state index contributed by atoms with van der Waals surface area (Å²) in [6.45, 7) is 4.71. The van der Waals surface area contributed by atoms with Gasteiger partial charge in [0.25, 0.3) is 0 Å². The number of Topliss-reactive ketones (excluding diaryl/α,β-unsaturated/α-hetero) is 1. The maximum absolute atomic E-state index is 12.1. The SMILES string of the molecule is CC(CCC(N)=O)CC(=O)NC1C(=O)CO[C@H]1CN1CCCC1. The van der Waals surface area contributed by atoms with Crippen molar-refractivity contribution in [3.8, 4) is 0 Å². The van der Waals surface area contributed by atoms with Crippen LogP contribution in [-0.4, -0.2) is 60.9 Å². The first-order chi connectivity index (χ1) is 11.0. The largest absolute Gasteiger partial charge is 0.370 e. The van der Waals surface area contributed by atoms with E-state index in [-0.39, 0.29) is 49.1 Å². The van der Waals surface area contributed by atoms with E-state index in [4.69, 9.17) is 10.5 Å². The Kier molecular flexibility index (Phi) is 6.53. The Hall–Kier alpha value is -1.47. The van der Waals surface area contributed by atoms with Gasteiger partial charge in [0.2, 0.25) is 11.8 Å². The number of ketones is 1. The number of amides is 2. The summed E-state index contributed by atoms with van der Waals surface area (Å²) >= 11 is 0. The second-order valence-electron chi connectivity index (χ2n) is 6.68. The standard InChI is InChI=1S/C16H27N3O4/c1-11(4-5-14(17)21)8-15(22)18-16-12(20)10-23-13(16)9-19-6-2-3-7-19/h11,13,16H,2-10H2,1H3,(H2,17,21)(H,18,22)/t11?,13-,16?/m0/s1. The molecule has 7 nitrogen and oxygen atoms in total. The summed E-state index contributed by atoms with van der Waals surface area (Å²) in [5, 5.41) is 2.81. The van der Waals surface area contributed by atoms with Gasteiger partial charge in [0, 0.05) is 19.4 Å². The predicted octanol–water partition coefficient (Wildman–Crippen LogP) is -0.173. The number of nitrogens with two attached hydrogens (primary N) is 1. The summed E-state index contributed by atoms with van der Waals surface area (Å²) in [5.74, 6) is -0.538. The van der Waals surface area contributed by atoms with Crippen molar-refractivity contribution >= 4 is 17.6 Å². The van der Waals surface area contributed by atoms with E-state index < -0.39 is 6.04 Å². The number of nitrogens with one attached hydrogen (secondary N) is 1. The molecule has 0 bridgehead atoms. The van der Waals surface area contributed by atoms with Gasteiger partial charge < -0.3 is 20.7 Å². The van der Waals surface area contributed by atoms with E-state index in [2.05, 4.69) is 10.2 Å². The topological polar surface area (TPSA) is 102 Å². The third-order valence-electron chi connectivity index (χ3n) is 4.53. The van der Waals surface area contributed by atoms with Crippen LogP contribution in [0.1, 0.15) is 39.0 Å². The smallest absolute Gasteiger partial charge is 0.220 e. The third-order valence-corrected chi connectivity index (χ3v) is 4.53.